The minimum atomic E-state index is -0.390. The molecule has 0 spiro atoms. The molecule has 3 N–H and O–H groups in total. The van der Waals surface area contributed by atoms with Crippen LogP contribution in [0, 0.1) is 0 Å². The van der Waals surface area contributed by atoms with Gasteiger partial charge in [0.15, 0.2) is 0 Å². The maximum atomic E-state index is 6.38. The number of benzene rings is 1. The molecule has 0 radical (unpaired) electrons. The van der Waals surface area contributed by atoms with Crippen LogP contribution in [0.3, 0.4) is 0 Å². The number of imidazole rings is 1. The van der Waals surface area contributed by atoms with Gasteiger partial charge in [-0.3, -0.25) is 0 Å². The Labute approximate surface area is 120 Å². The van der Waals surface area contributed by atoms with Crippen molar-refractivity contribution in [3.05, 3.63) is 36.3 Å². The second-order valence-electron chi connectivity index (χ2n) is 4.94. The Hall–Kier alpha value is -1.81. The van der Waals surface area contributed by atoms with Crippen molar-refractivity contribution >= 4 is 0 Å². The molecule has 0 bridgehead atoms. The lowest BCUT2D eigenvalue weighted by Crippen LogP contribution is -2.36. The van der Waals surface area contributed by atoms with Crippen LogP contribution in [-0.4, -0.2) is 16.6 Å². The molecule has 0 unspecified atom stereocenters. The van der Waals surface area contributed by atoms with E-state index in [-0.39, 0.29) is 0 Å². The highest BCUT2D eigenvalue weighted by Gasteiger charge is 2.26. The summed E-state index contributed by atoms with van der Waals surface area (Å²) in [5.41, 5.74) is 7.95. The van der Waals surface area contributed by atoms with Crippen LogP contribution in [0.2, 0.25) is 0 Å². The van der Waals surface area contributed by atoms with Gasteiger partial charge in [-0.2, -0.15) is 0 Å². The molecule has 0 aliphatic carbocycles. The first-order chi connectivity index (χ1) is 9.64. The average Bonchev–Trinajstić information content (AvgIpc) is 2.97. The van der Waals surface area contributed by atoms with Gasteiger partial charge in [0.2, 0.25) is 0 Å². The summed E-state index contributed by atoms with van der Waals surface area (Å²) in [6.07, 6.45) is 3.53. The van der Waals surface area contributed by atoms with Crippen molar-refractivity contribution < 1.29 is 4.74 Å². The minimum absolute atomic E-state index is 0.390. The van der Waals surface area contributed by atoms with E-state index in [1.165, 1.54) is 0 Å². The Balaban J connectivity index is 2.38. The topological polar surface area (TPSA) is 63.9 Å². The Morgan fingerprint density at radius 1 is 1.20 bits per heavy atom. The lowest BCUT2D eigenvalue weighted by molar-refractivity contribution is 0.341. The van der Waals surface area contributed by atoms with E-state index < -0.39 is 5.54 Å². The largest absolute Gasteiger partial charge is 0.493 e. The molecule has 0 amide bonds. The van der Waals surface area contributed by atoms with E-state index >= 15 is 0 Å². The molecular weight excluding hydrogens is 250 g/mol. The first-order valence-electron chi connectivity index (χ1n) is 7.21. The number of nitrogens with one attached hydrogen (secondary N) is 1. The van der Waals surface area contributed by atoms with Crippen molar-refractivity contribution in [3.63, 3.8) is 0 Å². The Kier molecular flexibility index (Phi) is 4.45. The molecule has 108 valence electrons. The molecule has 0 aliphatic heterocycles. The van der Waals surface area contributed by atoms with Crippen LogP contribution in [0.5, 0.6) is 5.75 Å². The lowest BCUT2D eigenvalue weighted by atomic mass is 9.93. The van der Waals surface area contributed by atoms with Crippen LogP contribution in [0.1, 0.15) is 39.4 Å². The number of rotatable bonds is 6. The quantitative estimate of drug-likeness (QED) is 0.847. The zero-order chi connectivity index (χ0) is 14.6. The molecule has 4 nitrogen and oxygen atoms in total. The second-order valence-corrected chi connectivity index (χ2v) is 4.94. The molecule has 1 heterocycles. The van der Waals surface area contributed by atoms with Crippen LogP contribution >= 0.6 is 0 Å². The van der Waals surface area contributed by atoms with Crippen LogP contribution in [0.15, 0.2) is 30.5 Å². The van der Waals surface area contributed by atoms with Crippen LogP contribution in [0.4, 0.5) is 0 Å². The van der Waals surface area contributed by atoms with Gasteiger partial charge in [0.1, 0.15) is 11.6 Å². The summed E-state index contributed by atoms with van der Waals surface area (Å²) in [5, 5.41) is 0. The van der Waals surface area contributed by atoms with Crippen LogP contribution < -0.4 is 10.5 Å². The number of aromatic amines is 1. The number of para-hydroxylation sites is 1. The zero-order valence-electron chi connectivity index (χ0n) is 12.4. The van der Waals surface area contributed by atoms with Crippen molar-refractivity contribution in [3.8, 4) is 17.0 Å². The first kappa shape index (κ1) is 14.6. The SMILES string of the molecule is CCOc1ccccc1-c1cnc(C(N)(CC)CC)[nH]1. The Morgan fingerprint density at radius 2 is 1.90 bits per heavy atom. The Bertz CT molecular complexity index is 558. The van der Waals surface area contributed by atoms with E-state index in [1.807, 2.05) is 37.4 Å². The molecule has 1 aromatic carbocycles. The highest BCUT2D eigenvalue weighted by atomic mass is 16.5. The summed E-state index contributed by atoms with van der Waals surface area (Å²) < 4.78 is 5.66. The average molecular weight is 273 g/mol. The number of nitrogens with zero attached hydrogens (tertiary/aromatic N) is 1. The third-order valence-corrected chi connectivity index (χ3v) is 3.79. The van der Waals surface area contributed by atoms with Crippen molar-refractivity contribution in [1.82, 2.24) is 9.97 Å². The third kappa shape index (κ3) is 2.70. The number of H-pyrrole nitrogens is 1. The standard InChI is InChI=1S/C16H23N3O/c1-4-16(17,5-2)15-18-11-13(19-15)12-9-7-8-10-14(12)20-6-3/h7-11H,4-6,17H2,1-3H3,(H,18,19). The third-order valence-electron chi connectivity index (χ3n) is 3.79. The molecule has 2 rings (SSSR count). The monoisotopic (exact) mass is 273 g/mol. The molecule has 20 heavy (non-hydrogen) atoms. The van der Waals surface area contributed by atoms with Gasteiger partial charge in [-0.25, -0.2) is 4.98 Å². The molecular formula is C16H23N3O. The van der Waals surface area contributed by atoms with Crippen LogP contribution in [-0.2, 0) is 5.54 Å². The van der Waals surface area contributed by atoms with Gasteiger partial charge in [0.05, 0.1) is 24.0 Å². The number of aromatic nitrogens is 2. The molecule has 0 saturated carbocycles. The van der Waals surface area contributed by atoms with Crippen molar-refractivity contribution in [2.24, 2.45) is 5.73 Å². The van der Waals surface area contributed by atoms with Gasteiger partial charge in [-0.1, -0.05) is 26.0 Å². The van der Waals surface area contributed by atoms with Gasteiger partial charge in [-0.15, -0.1) is 0 Å². The van der Waals surface area contributed by atoms with Gasteiger partial charge in [-0.05, 0) is 31.9 Å². The first-order valence-corrected chi connectivity index (χ1v) is 7.21. The number of hydrogen-bond donors (Lipinski definition) is 2. The molecule has 1 aromatic heterocycles. The van der Waals surface area contributed by atoms with Gasteiger partial charge < -0.3 is 15.5 Å². The fraction of sp³-hybridized carbons (Fsp3) is 0.438. The molecule has 4 heteroatoms. The highest BCUT2D eigenvalue weighted by molar-refractivity contribution is 5.66. The van der Waals surface area contributed by atoms with Crippen LogP contribution in [0.25, 0.3) is 11.3 Å². The summed E-state index contributed by atoms with van der Waals surface area (Å²) in [6.45, 7) is 6.79. The maximum Gasteiger partial charge on any atom is 0.128 e. The van der Waals surface area contributed by atoms with Gasteiger partial charge in [0, 0.05) is 5.56 Å². The van der Waals surface area contributed by atoms with E-state index in [1.54, 1.807) is 0 Å². The molecule has 0 atom stereocenters. The summed E-state index contributed by atoms with van der Waals surface area (Å²) >= 11 is 0. The molecule has 0 aliphatic rings. The summed E-state index contributed by atoms with van der Waals surface area (Å²) in [5.74, 6) is 1.70. The predicted octanol–water partition coefficient (Wildman–Crippen LogP) is 3.45. The molecule has 0 saturated heterocycles. The van der Waals surface area contributed by atoms with Crippen molar-refractivity contribution in [2.45, 2.75) is 39.2 Å². The summed E-state index contributed by atoms with van der Waals surface area (Å²) in [7, 11) is 0. The number of hydrogen-bond acceptors (Lipinski definition) is 3. The maximum absolute atomic E-state index is 6.38. The highest BCUT2D eigenvalue weighted by Crippen LogP contribution is 2.31. The van der Waals surface area contributed by atoms with Crippen molar-refractivity contribution in [1.29, 1.82) is 0 Å². The van der Waals surface area contributed by atoms with Crippen molar-refractivity contribution in [2.75, 3.05) is 6.61 Å². The van der Waals surface area contributed by atoms with Gasteiger partial charge in [0.25, 0.3) is 0 Å². The number of ether oxygens (including phenoxy) is 1. The van der Waals surface area contributed by atoms with E-state index in [0.717, 1.165) is 35.7 Å². The second kappa shape index (κ2) is 6.09. The predicted molar refractivity (Wildman–Crippen MR) is 81.6 cm³/mol. The normalized spacial score (nSPS) is 11.6. The fourth-order valence-electron chi connectivity index (χ4n) is 2.27. The van der Waals surface area contributed by atoms with E-state index in [0.29, 0.717) is 6.61 Å². The number of nitrogens with two attached hydrogens (primary N) is 1. The van der Waals surface area contributed by atoms with Gasteiger partial charge >= 0.3 is 0 Å². The Morgan fingerprint density at radius 3 is 2.55 bits per heavy atom. The fourth-order valence-corrected chi connectivity index (χ4v) is 2.27. The summed E-state index contributed by atoms with van der Waals surface area (Å²) in [4.78, 5) is 7.83. The summed E-state index contributed by atoms with van der Waals surface area (Å²) in [6, 6.07) is 7.96. The minimum Gasteiger partial charge on any atom is -0.493 e. The molecule has 2 aromatic rings. The van der Waals surface area contributed by atoms with E-state index in [2.05, 4.69) is 23.8 Å². The molecule has 0 fully saturated rings. The van der Waals surface area contributed by atoms with E-state index in [9.17, 15) is 0 Å². The lowest BCUT2D eigenvalue weighted by Gasteiger charge is -2.23. The zero-order valence-corrected chi connectivity index (χ0v) is 12.4. The smallest absolute Gasteiger partial charge is 0.128 e. The van der Waals surface area contributed by atoms with E-state index in [4.69, 9.17) is 10.5 Å².